The van der Waals surface area contributed by atoms with Gasteiger partial charge in [-0.1, -0.05) is 159 Å². The molecule has 11 aromatic rings. The topological polar surface area (TPSA) is 32.2 Å². The van der Waals surface area contributed by atoms with Gasteiger partial charge < -0.3 is 14.3 Å². The normalized spacial score (nSPS) is 12.6. The molecular weight excluding hydrogens is 809 g/mol. The lowest BCUT2D eigenvalue weighted by molar-refractivity contribution is 0.657. The fourth-order valence-corrected chi connectivity index (χ4v) is 11.1. The Morgan fingerprint density at radius 3 is 1.97 bits per heavy atom. The van der Waals surface area contributed by atoms with E-state index in [4.69, 9.17) is 4.42 Å². The predicted molar refractivity (Wildman–Crippen MR) is 277 cm³/mol. The van der Waals surface area contributed by atoms with Gasteiger partial charge in [0.25, 0.3) is 0 Å². The number of fused-ring (bicyclic) bond motifs is 9. The Morgan fingerprint density at radius 1 is 0.446 bits per heavy atom. The van der Waals surface area contributed by atoms with Gasteiger partial charge in [-0.15, -0.1) is 11.3 Å². The molecule has 1 aliphatic carbocycles. The summed E-state index contributed by atoms with van der Waals surface area (Å²) in [6.07, 6.45) is 2.02. The van der Waals surface area contributed by atoms with Gasteiger partial charge in [0, 0.05) is 53.9 Å². The number of anilines is 3. The molecule has 0 fully saturated rings. The summed E-state index contributed by atoms with van der Waals surface area (Å²) >= 11 is 1.88. The van der Waals surface area contributed by atoms with Crippen molar-refractivity contribution in [3.8, 4) is 33.4 Å². The third-order valence-corrected chi connectivity index (χ3v) is 14.4. The van der Waals surface area contributed by atoms with Gasteiger partial charge in [-0.05, 0) is 123 Å². The lowest BCUT2D eigenvalue weighted by Gasteiger charge is -2.27. The van der Waals surface area contributed by atoms with Crippen molar-refractivity contribution in [1.82, 2.24) is 4.98 Å². The van der Waals surface area contributed by atoms with E-state index in [1.807, 2.05) is 17.5 Å². The summed E-state index contributed by atoms with van der Waals surface area (Å²) in [5.41, 5.74) is 15.2. The first-order valence-corrected chi connectivity index (χ1v) is 23.1. The SMILES string of the molecule is CC1(C)c2cc(-c3cccc4c3sc3ccccc34)ccc2-c2ccc[nH]c3ccc(-c4ccc(N(c5ccccc5)c5cccc6ccccc56)cc4)cc3oc3ccccc3cc21. The van der Waals surface area contributed by atoms with Crippen molar-refractivity contribution >= 4 is 81.4 Å². The van der Waals surface area contributed by atoms with Crippen LogP contribution in [0.3, 0.4) is 0 Å². The zero-order valence-corrected chi connectivity index (χ0v) is 36.9. The van der Waals surface area contributed by atoms with Crippen molar-refractivity contribution in [3.05, 3.63) is 236 Å². The molecule has 0 unspecified atom stereocenters. The molecule has 2 heterocycles. The van der Waals surface area contributed by atoms with Crippen LogP contribution in [-0.2, 0) is 5.41 Å². The number of thiophene rings is 1. The molecule has 3 nitrogen and oxygen atoms in total. The van der Waals surface area contributed by atoms with Gasteiger partial charge in [0.2, 0.25) is 0 Å². The van der Waals surface area contributed by atoms with E-state index in [-0.39, 0.29) is 5.41 Å². The maximum atomic E-state index is 6.96. The van der Waals surface area contributed by atoms with Crippen LogP contribution in [0, 0.1) is 0 Å². The van der Waals surface area contributed by atoms with Crippen molar-refractivity contribution in [2.75, 3.05) is 4.90 Å². The molecular formula is C61H44N2OS. The number of H-pyrrole nitrogens is 1. The Balaban J connectivity index is 0.952. The van der Waals surface area contributed by atoms with E-state index in [2.05, 4.69) is 242 Å². The van der Waals surface area contributed by atoms with Crippen LogP contribution in [0.5, 0.6) is 0 Å². The average molecular weight is 853 g/mol. The number of rotatable bonds is 5. The summed E-state index contributed by atoms with van der Waals surface area (Å²) in [6.45, 7) is 4.71. The van der Waals surface area contributed by atoms with E-state index in [0.29, 0.717) is 0 Å². The fraction of sp³-hybridized carbons (Fsp3) is 0.0492. The molecule has 2 aromatic heterocycles. The molecule has 0 amide bonds. The molecule has 310 valence electrons. The quantitative estimate of drug-likeness (QED) is 0.187. The molecule has 0 saturated heterocycles. The molecule has 65 heavy (non-hydrogen) atoms. The molecule has 0 bridgehead atoms. The minimum Gasteiger partial charge on any atom is -0.455 e. The smallest absolute Gasteiger partial charge is 0.151 e. The number of aromatic nitrogens is 1. The van der Waals surface area contributed by atoms with Gasteiger partial charge >= 0.3 is 0 Å². The zero-order chi connectivity index (χ0) is 43.5. The largest absolute Gasteiger partial charge is 0.455 e. The number of hydrogen-bond donors (Lipinski definition) is 1. The summed E-state index contributed by atoms with van der Waals surface area (Å²) in [6, 6.07) is 78.6. The molecule has 0 saturated carbocycles. The van der Waals surface area contributed by atoms with Crippen LogP contribution in [0.25, 0.3) is 86.4 Å². The van der Waals surface area contributed by atoms with Crippen LogP contribution in [0.15, 0.2) is 229 Å². The lowest BCUT2D eigenvalue weighted by Crippen LogP contribution is -2.14. The highest BCUT2D eigenvalue weighted by atomic mass is 32.1. The fourth-order valence-electron chi connectivity index (χ4n) is 9.87. The first-order chi connectivity index (χ1) is 32.0. The van der Waals surface area contributed by atoms with Crippen molar-refractivity contribution in [1.29, 1.82) is 0 Å². The number of benzene rings is 9. The van der Waals surface area contributed by atoms with Crippen molar-refractivity contribution < 1.29 is 4.42 Å². The highest BCUT2D eigenvalue weighted by molar-refractivity contribution is 7.26. The van der Waals surface area contributed by atoms with Crippen molar-refractivity contribution in [2.24, 2.45) is 0 Å². The number of aromatic amines is 1. The molecule has 0 spiro atoms. The minimum absolute atomic E-state index is 0.273. The van der Waals surface area contributed by atoms with Crippen LogP contribution in [-0.4, -0.2) is 4.98 Å². The summed E-state index contributed by atoms with van der Waals surface area (Å²) in [7, 11) is 0. The van der Waals surface area contributed by atoms with Crippen molar-refractivity contribution in [2.45, 2.75) is 19.3 Å². The average Bonchev–Trinajstić information content (AvgIpc) is 3.83. The highest BCUT2D eigenvalue weighted by Gasteiger charge is 2.35. The van der Waals surface area contributed by atoms with Gasteiger partial charge in [0.1, 0.15) is 5.58 Å². The van der Waals surface area contributed by atoms with E-state index in [9.17, 15) is 0 Å². The van der Waals surface area contributed by atoms with Crippen LogP contribution >= 0.6 is 11.3 Å². The van der Waals surface area contributed by atoms with Gasteiger partial charge in [-0.25, -0.2) is 0 Å². The van der Waals surface area contributed by atoms with E-state index in [0.717, 1.165) is 50.3 Å². The Kier molecular flexibility index (Phi) is 9.36. The minimum atomic E-state index is -0.273. The Morgan fingerprint density at radius 2 is 1.09 bits per heavy atom. The van der Waals surface area contributed by atoms with Crippen LogP contribution in [0.2, 0.25) is 0 Å². The van der Waals surface area contributed by atoms with E-state index in [1.54, 1.807) is 0 Å². The van der Waals surface area contributed by atoms with Crippen molar-refractivity contribution in [3.63, 3.8) is 0 Å². The second-order valence-corrected chi connectivity index (χ2v) is 18.4. The number of para-hydroxylation sites is 2. The molecule has 1 N–H and O–H groups in total. The number of nitrogens with one attached hydrogen (secondary N) is 1. The third-order valence-electron chi connectivity index (χ3n) is 13.2. The van der Waals surface area contributed by atoms with Gasteiger partial charge in [-0.2, -0.15) is 0 Å². The lowest BCUT2D eigenvalue weighted by atomic mass is 9.81. The molecule has 0 radical (unpaired) electrons. The second kappa shape index (κ2) is 15.7. The summed E-state index contributed by atoms with van der Waals surface area (Å²) in [4.78, 5) is 5.91. The standard InChI is InChI=1S/C61H44N2OS/c1-61(2)53-37-43(48-22-13-23-52-51-21-9-11-27-59(51)65-60(48)52)30-34-50(53)49-24-14-36-62-55-35-31-42(39-58(55)64-57-26-10-7-16-44(57)38-54(49)61)40-28-32-46(33-29-40)63(45-18-4-3-5-19-45)56-25-12-17-41-15-6-8-20-47(41)56/h3-39,62H,1-2H3. The first-order valence-electron chi connectivity index (χ1n) is 22.2. The molecule has 0 atom stereocenters. The molecule has 0 aliphatic heterocycles. The molecule has 1 aliphatic rings. The van der Waals surface area contributed by atoms with E-state index < -0.39 is 0 Å². The predicted octanol–water partition coefficient (Wildman–Crippen LogP) is 17.8. The summed E-state index contributed by atoms with van der Waals surface area (Å²) < 4.78 is 9.62. The van der Waals surface area contributed by atoms with Gasteiger partial charge in [-0.3, -0.25) is 0 Å². The number of nitrogens with zero attached hydrogens (tertiary/aromatic N) is 1. The molecule has 4 heteroatoms. The van der Waals surface area contributed by atoms with Gasteiger partial charge in [0.15, 0.2) is 5.58 Å². The second-order valence-electron chi connectivity index (χ2n) is 17.4. The molecule has 12 rings (SSSR count). The van der Waals surface area contributed by atoms with Crippen LogP contribution in [0.1, 0.15) is 25.0 Å². The Labute approximate surface area is 382 Å². The Bertz CT molecular complexity index is 3750. The Hall–Kier alpha value is -7.92. The van der Waals surface area contributed by atoms with E-state index >= 15 is 0 Å². The van der Waals surface area contributed by atoms with Gasteiger partial charge in [0.05, 0.1) is 11.2 Å². The van der Waals surface area contributed by atoms with Crippen LogP contribution < -0.4 is 4.90 Å². The summed E-state index contributed by atoms with van der Waals surface area (Å²) in [5.74, 6) is 0. The monoisotopic (exact) mass is 852 g/mol. The van der Waals surface area contributed by atoms with Crippen LogP contribution in [0.4, 0.5) is 17.1 Å². The molecule has 9 aromatic carbocycles. The highest BCUT2D eigenvalue weighted by Crippen LogP contribution is 2.50. The maximum absolute atomic E-state index is 6.96. The van der Waals surface area contributed by atoms with E-state index in [1.165, 1.54) is 64.3 Å². The maximum Gasteiger partial charge on any atom is 0.151 e. The summed E-state index contributed by atoms with van der Waals surface area (Å²) in [5, 5.41) is 6.08. The zero-order valence-electron chi connectivity index (χ0n) is 36.1. The third kappa shape index (κ3) is 6.73. The number of hydrogen-bond acceptors (Lipinski definition) is 3. The first kappa shape index (κ1) is 38.7.